The zero-order valence-corrected chi connectivity index (χ0v) is 16.6. The number of aromatic amines is 1. The molecule has 1 heterocycles. The summed E-state index contributed by atoms with van der Waals surface area (Å²) in [7, 11) is 0. The summed E-state index contributed by atoms with van der Waals surface area (Å²) in [6.45, 7) is 0. The highest BCUT2D eigenvalue weighted by molar-refractivity contribution is 6.30. The predicted octanol–water partition coefficient (Wildman–Crippen LogP) is 6.29. The van der Waals surface area contributed by atoms with Crippen LogP contribution in [0.3, 0.4) is 0 Å². The fourth-order valence-corrected chi connectivity index (χ4v) is 3.44. The van der Waals surface area contributed by atoms with Gasteiger partial charge in [-0.2, -0.15) is 0 Å². The molecule has 3 nitrogen and oxygen atoms in total. The Morgan fingerprint density at radius 1 is 0.786 bits per heavy atom. The highest BCUT2D eigenvalue weighted by atomic mass is 35.5. The first-order valence-electron chi connectivity index (χ1n) is 9.01. The molecule has 3 aromatic carbocycles. The number of rotatable bonds is 5. The first kappa shape index (κ1) is 18.8. The van der Waals surface area contributed by atoms with Gasteiger partial charge in [0.15, 0.2) is 0 Å². The van der Waals surface area contributed by atoms with Crippen molar-refractivity contribution >= 4 is 23.2 Å². The van der Waals surface area contributed by atoms with Gasteiger partial charge in [0.2, 0.25) is 0 Å². The monoisotopic (exact) mass is 407 g/mol. The minimum atomic E-state index is -0.176. The number of nitrogens with two attached hydrogens (primary N) is 1. The van der Waals surface area contributed by atoms with Crippen LogP contribution in [0.15, 0.2) is 78.9 Å². The van der Waals surface area contributed by atoms with Crippen LogP contribution >= 0.6 is 23.2 Å². The Morgan fingerprint density at radius 2 is 1.39 bits per heavy atom. The summed E-state index contributed by atoms with van der Waals surface area (Å²) in [5.74, 6) is 0.839. The summed E-state index contributed by atoms with van der Waals surface area (Å²) in [4.78, 5) is 8.34. The molecule has 4 rings (SSSR count). The third kappa shape index (κ3) is 4.12. The van der Waals surface area contributed by atoms with E-state index in [4.69, 9.17) is 33.9 Å². The van der Waals surface area contributed by atoms with E-state index in [-0.39, 0.29) is 6.04 Å². The smallest absolute Gasteiger partial charge is 0.109 e. The van der Waals surface area contributed by atoms with Gasteiger partial charge in [0.25, 0.3) is 0 Å². The van der Waals surface area contributed by atoms with Gasteiger partial charge in [0, 0.05) is 33.6 Å². The van der Waals surface area contributed by atoms with Crippen LogP contribution in [0.4, 0.5) is 0 Å². The zero-order valence-electron chi connectivity index (χ0n) is 15.1. The molecule has 0 radical (unpaired) electrons. The Balaban J connectivity index is 1.70. The third-order valence-corrected chi connectivity index (χ3v) is 5.15. The Labute approximate surface area is 174 Å². The summed E-state index contributed by atoms with van der Waals surface area (Å²) < 4.78 is 0. The van der Waals surface area contributed by atoms with E-state index in [1.807, 2.05) is 66.7 Å². The molecular weight excluding hydrogens is 389 g/mol. The first-order chi connectivity index (χ1) is 13.6. The fourth-order valence-electron chi connectivity index (χ4n) is 3.19. The standard InChI is InChI=1S/C23H19Cl2N3/c24-18-10-6-15(7-11-18)20(26)14-21-27-22(16-4-2-1-3-5-16)23(28-21)17-8-12-19(25)13-9-17/h1-13,20H,14,26H2,(H,27,28)/t20-/m0/s1. The van der Waals surface area contributed by atoms with Crippen LogP contribution in [0.2, 0.25) is 10.0 Å². The van der Waals surface area contributed by atoms with E-state index in [0.717, 1.165) is 33.9 Å². The van der Waals surface area contributed by atoms with Crippen LogP contribution in [0.25, 0.3) is 22.5 Å². The van der Waals surface area contributed by atoms with Crippen LogP contribution in [-0.2, 0) is 6.42 Å². The number of H-pyrrole nitrogens is 1. The fraction of sp³-hybridized carbons (Fsp3) is 0.0870. The van der Waals surface area contributed by atoms with Crippen LogP contribution < -0.4 is 5.73 Å². The second kappa shape index (κ2) is 8.19. The molecule has 0 aliphatic heterocycles. The van der Waals surface area contributed by atoms with Crippen LogP contribution in [-0.4, -0.2) is 9.97 Å². The normalized spacial score (nSPS) is 12.1. The van der Waals surface area contributed by atoms with Crippen molar-refractivity contribution in [3.8, 4) is 22.5 Å². The van der Waals surface area contributed by atoms with E-state index >= 15 is 0 Å². The van der Waals surface area contributed by atoms with Gasteiger partial charge in [-0.15, -0.1) is 0 Å². The molecule has 140 valence electrons. The van der Waals surface area contributed by atoms with Gasteiger partial charge >= 0.3 is 0 Å². The molecule has 0 saturated heterocycles. The third-order valence-electron chi connectivity index (χ3n) is 4.64. The lowest BCUT2D eigenvalue weighted by Crippen LogP contribution is -2.14. The molecule has 0 aliphatic carbocycles. The number of benzene rings is 3. The van der Waals surface area contributed by atoms with E-state index in [0.29, 0.717) is 16.5 Å². The summed E-state index contributed by atoms with van der Waals surface area (Å²) in [5.41, 5.74) is 11.4. The van der Waals surface area contributed by atoms with Crippen LogP contribution in [0.1, 0.15) is 17.4 Å². The molecule has 1 aromatic heterocycles. The molecule has 0 fully saturated rings. The van der Waals surface area contributed by atoms with Gasteiger partial charge < -0.3 is 10.7 Å². The highest BCUT2D eigenvalue weighted by Crippen LogP contribution is 2.31. The zero-order chi connectivity index (χ0) is 19.5. The Bertz CT molecular complexity index is 1060. The molecule has 0 aliphatic rings. The van der Waals surface area contributed by atoms with Gasteiger partial charge in [-0.1, -0.05) is 77.8 Å². The average Bonchev–Trinajstić information content (AvgIpc) is 3.13. The second-order valence-electron chi connectivity index (χ2n) is 6.64. The van der Waals surface area contributed by atoms with Gasteiger partial charge in [-0.05, 0) is 29.8 Å². The molecule has 4 aromatic rings. The second-order valence-corrected chi connectivity index (χ2v) is 7.52. The number of hydrogen-bond donors (Lipinski definition) is 2. The number of imidazole rings is 1. The quantitative estimate of drug-likeness (QED) is 0.408. The molecule has 0 saturated carbocycles. The van der Waals surface area contributed by atoms with E-state index in [9.17, 15) is 0 Å². The minimum Gasteiger partial charge on any atom is -0.341 e. The van der Waals surface area contributed by atoms with Crippen molar-refractivity contribution in [1.82, 2.24) is 9.97 Å². The Kier molecular flexibility index (Phi) is 5.49. The summed E-state index contributed by atoms with van der Waals surface area (Å²) in [6, 6.07) is 25.3. The van der Waals surface area contributed by atoms with Crippen LogP contribution in [0, 0.1) is 0 Å². The van der Waals surface area contributed by atoms with E-state index in [1.165, 1.54) is 0 Å². The topological polar surface area (TPSA) is 54.7 Å². The lowest BCUT2D eigenvalue weighted by atomic mass is 10.0. The summed E-state index contributed by atoms with van der Waals surface area (Å²) >= 11 is 12.0. The first-order valence-corrected chi connectivity index (χ1v) is 9.77. The lowest BCUT2D eigenvalue weighted by molar-refractivity contribution is 0.695. The lowest BCUT2D eigenvalue weighted by Gasteiger charge is -2.10. The summed E-state index contributed by atoms with van der Waals surface area (Å²) in [6.07, 6.45) is 0.592. The molecule has 5 heteroatoms. The molecule has 0 bridgehead atoms. The van der Waals surface area contributed by atoms with Crippen molar-refractivity contribution < 1.29 is 0 Å². The maximum Gasteiger partial charge on any atom is 0.109 e. The highest BCUT2D eigenvalue weighted by Gasteiger charge is 2.16. The maximum atomic E-state index is 6.41. The molecule has 0 spiro atoms. The van der Waals surface area contributed by atoms with Crippen molar-refractivity contribution in [3.05, 3.63) is 100 Å². The number of nitrogens with zero attached hydrogens (tertiary/aromatic N) is 1. The molecule has 3 N–H and O–H groups in total. The van der Waals surface area contributed by atoms with Crippen molar-refractivity contribution in [2.75, 3.05) is 0 Å². The Morgan fingerprint density at radius 3 is 2.04 bits per heavy atom. The molecule has 28 heavy (non-hydrogen) atoms. The molecule has 0 amide bonds. The minimum absolute atomic E-state index is 0.176. The molecule has 0 unspecified atom stereocenters. The van der Waals surface area contributed by atoms with E-state index in [1.54, 1.807) is 0 Å². The number of nitrogens with one attached hydrogen (secondary N) is 1. The molecule has 1 atom stereocenters. The van der Waals surface area contributed by atoms with Gasteiger partial charge in [-0.25, -0.2) is 4.98 Å². The van der Waals surface area contributed by atoms with Gasteiger partial charge in [-0.3, -0.25) is 0 Å². The SMILES string of the molecule is N[C@@H](Cc1nc(-c2ccc(Cl)cc2)c(-c2ccccc2)[nH]1)c1ccc(Cl)cc1. The van der Waals surface area contributed by atoms with Crippen molar-refractivity contribution in [3.63, 3.8) is 0 Å². The van der Waals surface area contributed by atoms with Gasteiger partial charge in [0.1, 0.15) is 5.82 Å². The van der Waals surface area contributed by atoms with Gasteiger partial charge in [0.05, 0.1) is 11.4 Å². The van der Waals surface area contributed by atoms with Crippen molar-refractivity contribution in [1.29, 1.82) is 0 Å². The average molecular weight is 408 g/mol. The number of hydrogen-bond acceptors (Lipinski definition) is 2. The largest absolute Gasteiger partial charge is 0.341 e. The van der Waals surface area contributed by atoms with E-state index in [2.05, 4.69) is 17.1 Å². The van der Waals surface area contributed by atoms with E-state index < -0.39 is 0 Å². The summed E-state index contributed by atoms with van der Waals surface area (Å²) in [5, 5.41) is 1.40. The predicted molar refractivity (Wildman–Crippen MR) is 117 cm³/mol. The van der Waals surface area contributed by atoms with Crippen molar-refractivity contribution in [2.45, 2.75) is 12.5 Å². The number of halogens is 2. The Hall–Kier alpha value is -2.59. The number of aromatic nitrogens is 2. The maximum absolute atomic E-state index is 6.41. The van der Waals surface area contributed by atoms with Crippen molar-refractivity contribution in [2.24, 2.45) is 5.73 Å². The van der Waals surface area contributed by atoms with Crippen LogP contribution in [0.5, 0.6) is 0 Å². The molecular formula is C23H19Cl2N3.